The van der Waals surface area contributed by atoms with Crippen molar-refractivity contribution in [3.05, 3.63) is 10.5 Å². The first-order chi connectivity index (χ1) is 9.51. The van der Waals surface area contributed by atoms with Gasteiger partial charge in [0.05, 0.1) is 12.3 Å². The van der Waals surface area contributed by atoms with Gasteiger partial charge in [-0.25, -0.2) is 9.37 Å². The number of anilines is 1. The van der Waals surface area contributed by atoms with E-state index in [-0.39, 0.29) is 19.0 Å². The second-order valence-corrected chi connectivity index (χ2v) is 5.12. The number of nitrogen functional groups attached to an aromatic ring is 1. The first-order valence-corrected chi connectivity index (χ1v) is 6.56. The van der Waals surface area contributed by atoms with Gasteiger partial charge in [-0.2, -0.15) is 4.98 Å². The fourth-order valence-corrected chi connectivity index (χ4v) is 2.75. The molecule has 0 saturated carbocycles. The first-order valence-electron chi connectivity index (χ1n) is 6.16. The molecule has 0 spiro atoms. The number of aromatic amines is 1. The minimum atomic E-state index is -1.24. The number of nitrogens with one attached hydrogen (secondary N) is 1. The van der Waals surface area contributed by atoms with E-state index >= 15 is 0 Å². The van der Waals surface area contributed by atoms with Gasteiger partial charge >= 0.3 is 0 Å². The second-order valence-electron chi connectivity index (χ2n) is 4.73. The topological polar surface area (TPSA) is 102 Å². The molecule has 4 N–H and O–H groups in total. The Hall–Kier alpha value is -1.58. The zero-order valence-electron chi connectivity index (χ0n) is 10.7. The molecule has 0 amide bonds. The van der Waals surface area contributed by atoms with E-state index < -0.39 is 18.5 Å². The van der Waals surface area contributed by atoms with Crippen LogP contribution in [0.25, 0.3) is 11.2 Å². The van der Waals surface area contributed by atoms with Gasteiger partial charge in [0.2, 0.25) is 5.95 Å². The Kier molecular flexibility index (Phi) is 3.19. The molecule has 20 heavy (non-hydrogen) atoms. The number of alkyl halides is 1. The highest BCUT2D eigenvalue weighted by atomic mass is 32.1. The number of aromatic nitrogens is 4. The number of halogens is 1. The maximum Gasteiger partial charge on any atom is 0.222 e. The largest absolute Gasteiger partial charge is 0.394 e. The van der Waals surface area contributed by atoms with E-state index in [9.17, 15) is 4.39 Å². The number of nitrogens with zero attached hydrogens (tertiary/aromatic N) is 3. The van der Waals surface area contributed by atoms with E-state index in [0.29, 0.717) is 21.6 Å². The number of ether oxygens (including phenoxy) is 1. The van der Waals surface area contributed by atoms with E-state index in [1.165, 1.54) is 0 Å². The molecule has 1 aliphatic heterocycles. The van der Waals surface area contributed by atoms with Gasteiger partial charge < -0.3 is 20.6 Å². The molecule has 0 aliphatic carbocycles. The predicted molar refractivity (Wildman–Crippen MR) is 72.4 cm³/mol. The molecular weight excluding hydrogens is 285 g/mol. The molecule has 0 bridgehead atoms. The lowest BCUT2D eigenvalue weighted by atomic mass is 10.2. The molecule has 1 saturated heterocycles. The summed E-state index contributed by atoms with van der Waals surface area (Å²) in [4.78, 5) is 11.2. The van der Waals surface area contributed by atoms with Crippen LogP contribution in [0.4, 0.5) is 10.3 Å². The van der Waals surface area contributed by atoms with Gasteiger partial charge in [-0.1, -0.05) is 0 Å². The number of aryl methyl sites for hydroxylation is 1. The average molecular weight is 299 g/mol. The maximum absolute atomic E-state index is 13.7. The lowest BCUT2D eigenvalue weighted by Crippen LogP contribution is -2.21. The molecular formula is C11H14FN5O2S. The van der Waals surface area contributed by atoms with Crippen LogP contribution in [0, 0.1) is 11.7 Å². The van der Waals surface area contributed by atoms with Gasteiger partial charge in [-0.15, -0.1) is 0 Å². The molecule has 3 rings (SSSR count). The summed E-state index contributed by atoms with van der Waals surface area (Å²) >= 11 is 5.24. The van der Waals surface area contributed by atoms with E-state index in [2.05, 4.69) is 15.0 Å². The zero-order valence-corrected chi connectivity index (χ0v) is 11.5. The minimum Gasteiger partial charge on any atom is -0.394 e. The molecule has 0 aromatic carbocycles. The number of fused-ring (bicyclic) bond motifs is 1. The van der Waals surface area contributed by atoms with Gasteiger partial charge in [0.25, 0.3) is 0 Å². The molecule has 108 valence electrons. The Balaban J connectivity index is 2.13. The monoisotopic (exact) mass is 299 g/mol. The quantitative estimate of drug-likeness (QED) is 0.715. The van der Waals surface area contributed by atoms with Crippen LogP contribution in [0.3, 0.4) is 0 Å². The van der Waals surface area contributed by atoms with Crippen molar-refractivity contribution in [2.75, 3.05) is 12.3 Å². The van der Waals surface area contributed by atoms with Crippen molar-refractivity contribution in [1.82, 2.24) is 19.5 Å². The Bertz CT molecular complexity index is 715. The van der Waals surface area contributed by atoms with Crippen molar-refractivity contribution in [3.8, 4) is 0 Å². The number of nitrogens with two attached hydrogens (primary N) is 1. The highest BCUT2D eigenvalue weighted by Crippen LogP contribution is 2.33. The van der Waals surface area contributed by atoms with Gasteiger partial charge in [0, 0.05) is 6.42 Å². The fraction of sp³-hybridized carbons (Fsp3) is 0.545. The summed E-state index contributed by atoms with van der Waals surface area (Å²) in [6, 6.07) is 0. The standard InChI is InChI=1S/C11H14FN5O2S/c1-4-8-9(16-10(13)14-4)17(11(20)15-8)7-2-5(12)6(3-18)19-7/h5-7,18H,2-3H2,1H3,(H,15,20)(H2,13,14,16)/t5-,6+,7+/m0/s1. The van der Waals surface area contributed by atoms with E-state index in [1.807, 2.05) is 0 Å². The molecule has 9 heteroatoms. The molecule has 0 unspecified atom stereocenters. The van der Waals surface area contributed by atoms with Crippen molar-refractivity contribution in [2.45, 2.75) is 31.8 Å². The summed E-state index contributed by atoms with van der Waals surface area (Å²) in [5, 5.41) is 9.07. The number of aliphatic hydroxyl groups is 1. The number of rotatable bonds is 2. The van der Waals surface area contributed by atoms with Gasteiger partial charge in [0.1, 0.15) is 24.0 Å². The molecule has 2 aromatic rings. The van der Waals surface area contributed by atoms with Crippen molar-refractivity contribution >= 4 is 29.3 Å². The SMILES string of the molecule is Cc1nc(N)nc2c1[nH]c(=S)n2[C@H]1C[C@H](F)[C@@H](CO)O1. The predicted octanol–water partition coefficient (Wildman–Crippen LogP) is 0.997. The van der Waals surface area contributed by atoms with Crippen molar-refractivity contribution in [3.63, 3.8) is 0 Å². The minimum absolute atomic E-state index is 0.107. The lowest BCUT2D eigenvalue weighted by molar-refractivity contribution is -0.0328. The van der Waals surface area contributed by atoms with Crippen LogP contribution in [0.2, 0.25) is 0 Å². The molecule has 3 heterocycles. The zero-order chi connectivity index (χ0) is 14.4. The number of aliphatic hydroxyl groups excluding tert-OH is 1. The first kappa shape index (κ1) is 13.4. The van der Waals surface area contributed by atoms with Crippen LogP contribution in [0.1, 0.15) is 18.3 Å². The number of H-pyrrole nitrogens is 1. The van der Waals surface area contributed by atoms with Crippen LogP contribution in [-0.4, -0.2) is 43.5 Å². The third-order valence-corrected chi connectivity index (χ3v) is 3.70. The van der Waals surface area contributed by atoms with Gasteiger partial charge in [0.15, 0.2) is 10.4 Å². The van der Waals surface area contributed by atoms with Crippen LogP contribution < -0.4 is 5.73 Å². The van der Waals surface area contributed by atoms with Crippen molar-refractivity contribution in [1.29, 1.82) is 0 Å². The summed E-state index contributed by atoms with van der Waals surface area (Å²) in [6.07, 6.45) is -2.59. The lowest BCUT2D eigenvalue weighted by Gasteiger charge is -2.13. The van der Waals surface area contributed by atoms with Gasteiger partial charge in [-0.05, 0) is 19.1 Å². The normalized spacial score (nSPS) is 26.4. The molecule has 7 nitrogen and oxygen atoms in total. The van der Waals surface area contributed by atoms with E-state index in [1.54, 1.807) is 11.5 Å². The molecule has 1 fully saturated rings. The summed E-state index contributed by atoms with van der Waals surface area (Å²) < 4.78 is 21.1. The Labute approximate surface area is 118 Å². The Morgan fingerprint density at radius 2 is 2.35 bits per heavy atom. The second kappa shape index (κ2) is 4.76. The van der Waals surface area contributed by atoms with Crippen LogP contribution in [0.5, 0.6) is 0 Å². The Morgan fingerprint density at radius 3 is 3.00 bits per heavy atom. The molecule has 3 atom stereocenters. The maximum atomic E-state index is 13.7. The van der Waals surface area contributed by atoms with Crippen molar-refractivity contribution < 1.29 is 14.2 Å². The highest BCUT2D eigenvalue weighted by Gasteiger charge is 2.37. The summed E-state index contributed by atoms with van der Waals surface area (Å²) in [6.45, 7) is 1.41. The Morgan fingerprint density at radius 1 is 1.60 bits per heavy atom. The van der Waals surface area contributed by atoms with Crippen LogP contribution >= 0.6 is 12.2 Å². The highest BCUT2D eigenvalue weighted by molar-refractivity contribution is 7.71. The average Bonchev–Trinajstić information content (AvgIpc) is 2.89. The van der Waals surface area contributed by atoms with Gasteiger partial charge in [-0.3, -0.25) is 4.57 Å². The third-order valence-electron chi connectivity index (χ3n) is 3.40. The number of hydrogen-bond donors (Lipinski definition) is 3. The van der Waals surface area contributed by atoms with Crippen LogP contribution in [0.15, 0.2) is 0 Å². The van der Waals surface area contributed by atoms with E-state index in [4.69, 9.17) is 27.8 Å². The summed E-state index contributed by atoms with van der Waals surface area (Å²) in [7, 11) is 0. The smallest absolute Gasteiger partial charge is 0.222 e. The summed E-state index contributed by atoms with van der Waals surface area (Å²) in [5.74, 6) is 0.117. The van der Waals surface area contributed by atoms with Crippen LogP contribution in [-0.2, 0) is 4.74 Å². The number of imidazole rings is 1. The van der Waals surface area contributed by atoms with Crippen molar-refractivity contribution in [2.24, 2.45) is 0 Å². The molecule has 2 aromatic heterocycles. The molecule has 1 aliphatic rings. The van der Waals surface area contributed by atoms with E-state index in [0.717, 1.165) is 0 Å². The number of hydrogen-bond acceptors (Lipinski definition) is 6. The third kappa shape index (κ3) is 1.98. The molecule has 0 radical (unpaired) electrons. The summed E-state index contributed by atoms with van der Waals surface area (Å²) in [5.41, 5.74) is 7.43. The fourth-order valence-electron chi connectivity index (χ4n) is 2.44.